The molecule has 0 aliphatic rings. The second-order valence-corrected chi connectivity index (χ2v) is 5.55. The minimum Gasteiger partial charge on any atom is -0.102 e. The molecule has 0 N–H and O–H groups in total. The number of benzene rings is 1. The Balaban J connectivity index is 2.68. The monoisotopic (exact) mass is 256 g/mol. The highest BCUT2D eigenvalue weighted by molar-refractivity contribution is 5.40. The van der Waals surface area contributed by atoms with Crippen molar-refractivity contribution in [3.8, 4) is 0 Å². The molecule has 0 saturated carbocycles. The Hall–Kier alpha value is -1.30. The zero-order valence-corrected chi connectivity index (χ0v) is 12.8. The first-order valence-corrected chi connectivity index (χ1v) is 7.51. The van der Waals surface area contributed by atoms with Gasteiger partial charge in [-0.25, -0.2) is 0 Å². The molecule has 0 fully saturated rings. The van der Waals surface area contributed by atoms with Gasteiger partial charge in [-0.1, -0.05) is 68.7 Å². The lowest BCUT2D eigenvalue weighted by Gasteiger charge is -2.24. The summed E-state index contributed by atoms with van der Waals surface area (Å²) >= 11 is 0. The molecule has 19 heavy (non-hydrogen) atoms. The van der Waals surface area contributed by atoms with E-state index in [1.165, 1.54) is 43.2 Å². The van der Waals surface area contributed by atoms with Gasteiger partial charge in [-0.05, 0) is 37.8 Å². The first-order chi connectivity index (χ1) is 9.14. The molecule has 0 spiro atoms. The molecular formula is C19H28. The molecule has 0 aromatic heterocycles. The molecule has 0 amide bonds. The molecule has 104 valence electrons. The van der Waals surface area contributed by atoms with E-state index in [4.69, 9.17) is 0 Å². The van der Waals surface area contributed by atoms with Crippen molar-refractivity contribution in [2.45, 2.75) is 58.3 Å². The van der Waals surface area contributed by atoms with Crippen molar-refractivity contribution in [2.75, 3.05) is 0 Å². The van der Waals surface area contributed by atoms with E-state index in [1.54, 1.807) is 0 Å². The van der Waals surface area contributed by atoms with Gasteiger partial charge in [0.25, 0.3) is 0 Å². The third kappa shape index (κ3) is 4.70. The van der Waals surface area contributed by atoms with Crippen molar-refractivity contribution in [3.63, 3.8) is 0 Å². The van der Waals surface area contributed by atoms with Crippen LogP contribution in [0.15, 0.2) is 49.1 Å². The summed E-state index contributed by atoms with van der Waals surface area (Å²) in [6.07, 6.45) is 13.2. The number of unbranched alkanes of at least 4 members (excludes halogenated alkanes) is 4. The first kappa shape index (κ1) is 15.8. The molecule has 1 aromatic carbocycles. The average molecular weight is 256 g/mol. The molecule has 0 nitrogen and oxygen atoms in total. The van der Waals surface area contributed by atoms with Crippen LogP contribution in [-0.4, -0.2) is 0 Å². The quantitative estimate of drug-likeness (QED) is 0.397. The van der Waals surface area contributed by atoms with E-state index < -0.39 is 0 Å². The van der Waals surface area contributed by atoms with Crippen LogP contribution in [0.5, 0.6) is 0 Å². The summed E-state index contributed by atoms with van der Waals surface area (Å²) in [4.78, 5) is 0. The van der Waals surface area contributed by atoms with E-state index in [2.05, 4.69) is 69.8 Å². The van der Waals surface area contributed by atoms with Gasteiger partial charge in [0.1, 0.15) is 0 Å². The first-order valence-electron chi connectivity index (χ1n) is 7.51. The molecule has 0 aliphatic carbocycles. The van der Waals surface area contributed by atoms with Crippen molar-refractivity contribution in [1.29, 1.82) is 0 Å². The van der Waals surface area contributed by atoms with Gasteiger partial charge >= 0.3 is 0 Å². The Morgan fingerprint density at radius 3 is 2.53 bits per heavy atom. The molecule has 0 unspecified atom stereocenters. The number of aryl methyl sites for hydroxylation is 1. The van der Waals surface area contributed by atoms with Crippen LogP contribution in [0.2, 0.25) is 0 Å². The molecule has 0 heteroatoms. The zero-order valence-electron chi connectivity index (χ0n) is 12.8. The highest BCUT2D eigenvalue weighted by atomic mass is 14.2. The lowest BCUT2D eigenvalue weighted by Crippen LogP contribution is -2.16. The van der Waals surface area contributed by atoms with Crippen molar-refractivity contribution >= 4 is 0 Å². The number of allylic oxidation sites excluding steroid dienone is 3. The standard InChI is InChI=1S/C19H28/c1-5-7-8-9-10-13-16-19(4,6-2)18-15-12-11-14-17(18)3/h6,11-16H,2,5,7-10H2,1,3-4H3/b16-13+/t19-/m1/s1. The fraction of sp³-hybridized carbons (Fsp3) is 0.474. The molecule has 0 saturated heterocycles. The lowest BCUT2D eigenvalue weighted by molar-refractivity contribution is 0.669. The SMILES string of the molecule is C=C[C@](C)(/C=C/CCCCCC)c1ccccc1C. The van der Waals surface area contributed by atoms with Gasteiger partial charge in [0.2, 0.25) is 0 Å². The van der Waals surface area contributed by atoms with Crippen LogP contribution in [0.3, 0.4) is 0 Å². The Kier molecular flexibility index (Phi) is 6.62. The summed E-state index contributed by atoms with van der Waals surface area (Å²) < 4.78 is 0. The van der Waals surface area contributed by atoms with Crippen molar-refractivity contribution in [3.05, 3.63) is 60.2 Å². The van der Waals surface area contributed by atoms with Crippen LogP contribution in [0.4, 0.5) is 0 Å². The Morgan fingerprint density at radius 2 is 1.89 bits per heavy atom. The summed E-state index contributed by atoms with van der Waals surface area (Å²) in [7, 11) is 0. The average Bonchev–Trinajstić information content (AvgIpc) is 2.43. The maximum atomic E-state index is 4.03. The summed E-state index contributed by atoms with van der Waals surface area (Å²) in [5.41, 5.74) is 2.64. The summed E-state index contributed by atoms with van der Waals surface area (Å²) in [6.45, 7) is 10.7. The van der Waals surface area contributed by atoms with Gasteiger partial charge in [0.15, 0.2) is 0 Å². The van der Waals surface area contributed by atoms with Gasteiger partial charge in [-0.15, -0.1) is 6.58 Å². The summed E-state index contributed by atoms with van der Waals surface area (Å²) in [5, 5.41) is 0. The third-order valence-corrected chi connectivity index (χ3v) is 3.84. The van der Waals surface area contributed by atoms with Crippen molar-refractivity contribution in [1.82, 2.24) is 0 Å². The van der Waals surface area contributed by atoms with E-state index in [-0.39, 0.29) is 5.41 Å². The predicted molar refractivity (Wildman–Crippen MR) is 86.6 cm³/mol. The minimum atomic E-state index is -0.0455. The molecule has 1 atom stereocenters. The molecule has 0 aliphatic heterocycles. The van der Waals surface area contributed by atoms with E-state index >= 15 is 0 Å². The van der Waals surface area contributed by atoms with Crippen LogP contribution >= 0.6 is 0 Å². The largest absolute Gasteiger partial charge is 0.102 e. The van der Waals surface area contributed by atoms with Crippen LogP contribution in [0.1, 0.15) is 57.1 Å². The second-order valence-electron chi connectivity index (χ2n) is 5.55. The predicted octanol–water partition coefficient (Wildman–Crippen LogP) is 5.97. The van der Waals surface area contributed by atoms with Crippen LogP contribution < -0.4 is 0 Å². The topological polar surface area (TPSA) is 0 Å². The van der Waals surface area contributed by atoms with E-state index in [0.717, 1.165) is 0 Å². The van der Waals surface area contributed by atoms with Crippen LogP contribution in [0, 0.1) is 6.92 Å². The van der Waals surface area contributed by atoms with Gasteiger partial charge in [-0.3, -0.25) is 0 Å². The molecular weight excluding hydrogens is 228 g/mol. The van der Waals surface area contributed by atoms with Gasteiger partial charge in [0, 0.05) is 5.41 Å². The Morgan fingerprint density at radius 1 is 1.16 bits per heavy atom. The summed E-state index contributed by atoms with van der Waals surface area (Å²) in [6, 6.07) is 8.58. The van der Waals surface area contributed by atoms with Gasteiger partial charge in [0.05, 0.1) is 0 Å². The molecule has 0 radical (unpaired) electrons. The van der Waals surface area contributed by atoms with Crippen molar-refractivity contribution < 1.29 is 0 Å². The van der Waals surface area contributed by atoms with Crippen LogP contribution in [0.25, 0.3) is 0 Å². The number of hydrogen-bond acceptors (Lipinski definition) is 0. The van der Waals surface area contributed by atoms with E-state index in [0.29, 0.717) is 0 Å². The van der Waals surface area contributed by atoms with Crippen LogP contribution in [-0.2, 0) is 5.41 Å². The Labute approximate surface area is 119 Å². The zero-order chi connectivity index (χ0) is 14.1. The highest BCUT2D eigenvalue weighted by Gasteiger charge is 2.20. The Bertz CT molecular complexity index is 414. The summed E-state index contributed by atoms with van der Waals surface area (Å²) in [5.74, 6) is 0. The minimum absolute atomic E-state index is 0.0455. The third-order valence-electron chi connectivity index (χ3n) is 3.84. The van der Waals surface area contributed by atoms with E-state index in [1.807, 2.05) is 0 Å². The molecule has 0 heterocycles. The lowest BCUT2D eigenvalue weighted by atomic mass is 9.80. The number of hydrogen-bond donors (Lipinski definition) is 0. The van der Waals surface area contributed by atoms with E-state index in [9.17, 15) is 0 Å². The maximum Gasteiger partial charge on any atom is 0.0283 e. The maximum absolute atomic E-state index is 4.03. The fourth-order valence-corrected chi connectivity index (χ4v) is 2.46. The molecule has 1 rings (SSSR count). The fourth-order valence-electron chi connectivity index (χ4n) is 2.46. The second kappa shape index (κ2) is 7.99. The highest BCUT2D eigenvalue weighted by Crippen LogP contribution is 2.29. The van der Waals surface area contributed by atoms with Crippen molar-refractivity contribution in [2.24, 2.45) is 0 Å². The van der Waals surface area contributed by atoms with Gasteiger partial charge < -0.3 is 0 Å². The van der Waals surface area contributed by atoms with Gasteiger partial charge in [-0.2, -0.15) is 0 Å². The smallest absolute Gasteiger partial charge is 0.0283 e. The molecule has 1 aromatic rings. The normalized spacial score (nSPS) is 14.5. The number of rotatable bonds is 8. The molecule has 0 bridgehead atoms.